The van der Waals surface area contributed by atoms with Gasteiger partial charge in [0.05, 0.1) is 15.8 Å². The first-order chi connectivity index (χ1) is 11.4. The number of ketones is 1. The lowest BCUT2D eigenvalue weighted by Crippen LogP contribution is -2.11. The van der Waals surface area contributed by atoms with E-state index in [1.807, 2.05) is 0 Å². The number of thiazole rings is 1. The second-order valence-electron chi connectivity index (χ2n) is 5.42. The molecule has 0 aliphatic heterocycles. The Bertz CT molecular complexity index is 929. The molecule has 0 saturated heterocycles. The van der Waals surface area contributed by atoms with Crippen LogP contribution in [-0.4, -0.2) is 16.7 Å². The van der Waals surface area contributed by atoms with Crippen LogP contribution in [0.5, 0.6) is 0 Å². The van der Waals surface area contributed by atoms with Crippen LogP contribution in [0.2, 0.25) is 0 Å². The second kappa shape index (κ2) is 6.52. The zero-order chi connectivity index (χ0) is 17.3. The number of hydrogen-bond acceptors (Lipinski definition) is 5. The lowest BCUT2D eigenvalue weighted by atomic mass is 10.1. The summed E-state index contributed by atoms with van der Waals surface area (Å²) >= 11 is 1.22. The Kier molecular flexibility index (Phi) is 4.44. The number of nitrogens with one attached hydrogen (secondary N) is 1. The average molecular weight is 346 g/mol. The molecule has 0 fully saturated rings. The Morgan fingerprint density at radius 2 is 2.12 bits per heavy atom. The standard InChI is InChI=1S/C17H15FN2O3S/c1-9(21)13-8-12(23-10(13)2)4-6-16(22)20-17-19-14-5-3-11(18)7-15(14)24-17/h3,5,7-8H,4,6H2,1-2H3,(H,19,20,22). The topological polar surface area (TPSA) is 72.2 Å². The summed E-state index contributed by atoms with van der Waals surface area (Å²) in [6.07, 6.45) is 0.591. The Morgan fingerprint density at radius 1 is 1.33 bits per heavy atom. The first-order valence-electron chi connectivity index (χ1n) is 7.38. The molecule has 1 amide bonds. The predicted molar refractivity (Wildman–Crippen MR) is 90.0 cm³/mol. The van der Waals surface area contributed by atoms with Gasteiger partial charge in [-0.05, 0) is 38.1 Å². The number of fused-ring (bicyclic) bond motifs is 1. The highest BCUT2D eigenvalue weighted by Crippen LogP contribution is 2.26. The number of carbonyl (C=O) groups is 2. The molecule has 2 heterocycles. The summed E-state index contributed by atoms with van der Waals surface area (Å²) in [5.74, 6) is 0.547. The summed E-state index contributed by atoms with van der Waals surface area (Å²) in [6.45, 7) is 3.20. The molecule has 124 valence electrons. The molecule has 0 spiro atoms. The number of furan rings is 1. The summed E-state index contributed by atoms with van der Waals surface area (Å²) < 4.78 is 19.3. The molecular weight excluding hydrogens is 331 g/mol. The van der Waals surface area contributed by atoms with Crippen molar-refractivity contribution < 1.29 is 18.4 Å². The molecule has 0 radical (unpaired) electrons. The van der Waals surface area contributed by atoms with Crippen molar-refractivity contribution in [2.45, 2.75) is 26.7 Å². The molecular formula is C17H15FN2O3S. The van der Waals surface area contributed by atoms with Gasteiger partial charge in [0.25, 0.3) is 0 Å². The van der Waals surface area contributed by atoms with Gasteiger partial charge in [-0.1, -0.05) is 11.3 Å². The van der Waals surface area contributed by atoms with Crippen molar-refractivity contribution in [2.75, 3.05) is 5.32 Å². The first-order valence-corrected chi connectivity index (χ1v) is 8.20. The van der Waals surface area contributed by atoms with Crippen LogP contribution in [0.1, 0.15) is 35.2 Å². The van der Waals surface area contributed by atoms with Crippen LogP contribution in [0.15, 0.2) is 28.7 Å². The number of carbonyl (C=O) groups excluding carboxylic acids is 2. The minimum Gasteiger partial charge on any atom is -0.466 e. The maximum Gasteiger partial charge on any atom is 0.226 e. The fourth-order valence-electron chi connectivity index (χ4n) is 2.39. The molecule has 1 N–H and O–H groups in total. The summed E-state index contributed by atoms with van der Waals surface area (Å²) in [7, 11) is 0. The van der Waals surface area contributed by atoms with Crippen molar-refractivity contribution >= 4 is 38.4 Å². The van der Waals surface area contributed by atoms with Gasteiger partial charge in [-0.15, -0.1) is 0 Å². The number of benzene rings is 1. The average Bonchev–Trinajstić information content (AvgIpc) is 3.07. The number of aromatic nitrogens is 1. The van der Waals surface area contributed by atoms with Crippen molar-refractivity contribution in [3.8, 4) is 0 Å². The number of Topliss-reactive ketones (excluding diaryl/α,β-unsaturated/α-hetero) is 1. The lowest BCUT2D eigenvalue weighted by molar-refractivity contribution is -0.116. The van der Waals surface area contributed by atoms with Crippen LogP contribution in [0.4, 0.5) is 9.52 Å². The third kappa shape index (κ3) is 3.51. The van der Waals surface area contributed by atoms with Crippen LogP contribution in [0.25, 0.3) is 10.2 Å². The van der Waals surface area contributed by atoms with E-state index < -0.39 is 0 Å². The highest BCUT2D eigenvalue weighted by atomic mass is 32.1. The molecule has 0 saturated carbocycles. The fourth-order valence-corrected chi connectivity index (χ4v) is 3.29. The van der Waals surface area contributed by atoms with Gasteiger partial charge >= 0.3 is 0 Å². The number of rotatable bonds is 5. The number of nitrogens with zero attached hydrogens (tertiary/aromatic N) is 1. The predicted octanol–water partition coefficient (Wildman–Crippen LogP) is 4.11. The Hall–Kier alpha value is -2.54. The van der Waals surface area contributed by atoms with Gasteiger partial charge in [-0.2, -0.15) is 0 Å². The van der Waals surface area contributed by atoms with Crippen LogP contribution in [0.3, 0.4) is 0 Å². The Morgan fingerprint density at radius 3 is 2.83 bits per heavy atom. The van der Waals surface area contributed by atoms with Gasteiger partial charge in [0.15, 0.2) is 10.9 Å². The second-order valence-corrected chi connectivity index (χ2v) is 6.45. The Labute approximate surface area is 141 Å². The molecule has 24 heavy (non-hydrogen) atoms. The molecule has 2 aromatic heterocycles. The SMILES string of the molecule is CC(=O)c1cc(CCC(=O)Nc2nc3ccc(F)cc3s2)oc1C. The van der Waals surface area contributed by atoms with E-state index in [0.29, 0.717) is 38.9 Å². The molecule has 0 aliphatic carbocycles. The molecule has 5 nitrogen and oxygen atoms in total. The van der Waals surface area contributed by atoms with Crippen molar-refractivity contribution in [1.29, 1.82) is 0 Å². The third-order valence-electron chi connectivity index (χ3n) is 3.54. The van der Waals surface area contributed by atoms with Gasteiger partial charge < -0.3 is 9.73 Å². The lowest BCUT2D eigenvalue weighted by Gasteiger charge is -1.99. The maximum absolute atomic E-state index is 13.2. The van der Waals surface area contributed by atoms with E-state index >= 15 is 0 Å². The van der Waals surface area contributed by atoms with E-state index in [1.165, 1.54) is 30.4 Å². The van der Waals surface area contributed by atoms with E-state index in [4.69, 9.17) is 4.42 Å². The zero-order valence-corrected chi connectivity index (χ0v) is 14.0. The van der Waals surface area contributed by atoms with Crippen LogP contribution in [0, 0.1) is 12.7 Å². The zero-order valence-electron chi connectivity index (χ0n) is 13.2. The van der Waals surface area contributed by atoms with Gasteiger partial charge in [0.1, 0.15) is 17.3 Å². The highest BCUT2D eigenvalue weighted by molar-refractivity contribution is 7.22. The van der Waals surface area contributed by atoms with Crippen molar-refractivity contribution in [3.63, 3.8) is 0 Å². The summed E-state index contributed by atoms with van der Waals surface area (Å²) in [6, 6.07) is 5.97. The third-order valence-corrected chi connectivity index (χ3v) is 4.48. The molecule has 7 heteroatoms. The number of aryl methyl sites for hydroxylation is 2. The number of amides is 1. The van der Waals surface area contributed by atoms with Gasteiger partial charge in [-0.3, -0.25) is 9.59 Å². The van der Waals surface area contributed by atoms with Gasteiger partial charge in [0.2, 0.25) is 5.91 Å². The van der Waals surface area contributed by atoms with E-state index in [-0.39, 0.29) is 23.9 Å². The van der Waals surface area contributed by atoms with Gasteiger partial charge in [0, 0.05) is 12.8 Å². The maximum atomic E-state index is 13.2. The minimum atomic E-state index is -0.335. The van der Waals surface area contributed by atoms with Crippen LogP contribution in [-0.2, 0) is 11.2 Å². The first kappa shape index (κ1) is 16.3. The highest BCUT2D eigenvalue weighted by Gasteiger charge is 2.13. The Balaban J connectivity index is 1.62. The summed E-state index contributed by atoms with van der Waals surface area (Å²) in [5, 5.41) is 3.13. The number of hydrogen-bond donors (Lipinski definition) is 1. The molecule has 3 aromatic rings. The molecule has 0 aliphatic rings. The quantitative estimate of drug-likeness (QED) is 0.706. The van der Waals surface area contributed by atoms with Crippen molar-refractivity contribution in [1.82, 2.24) is 4.98 Å². The van der Waals surface area contributed by atoms with Crippen LogP contribution < -0.4 is 5.32 Å². The van der Waals surface area contributed by atoms with E-state index in [9.17, 15) is 14.0 Å². The van der Waals surface area contributed by atoms with E-state index in [1.54, 1.807) is 19.1 Å². The van der Waals surface area contributed by atoms with Crippen LogP contribution >= 0.6 is 11.3 Å². The molecule has 1 aromatic carbocycles. The van der Waals surface area contributed by atoms with Crippen molar-refractivity contribution in [2.24, 2.45) is 0 Å². The summed E-state index contributed by atoms with van der Waals surface area (Å²) in [4.78, 5) is 27.7. The smallest absolute Gasteiger partial charge is 0.226 e. The normalized spacial score (nSPS) is 11.0. The number of halogens is 1. The van der Waals surface area contributed by atoms with E-state index in [2.05, 4.69) is 10.3 Å². The molecule has 0 bridgehead atoms. The largest absolute Gasteiger partial charge is 0.466 e. The number of anilines is 1. The van der Waals surface area contributed by atoms with Crippen molar-refractivity contribution in [3.05, 3.63) is 47.2 Å². The monoisotopic (exact) mass is 346 g/mol. The molecule has 0 atom stereocenters. The molecule has 3 rings (SSSR count). The summed E-state index contributed by atoms with van der Waals surface area (Å²) in [5.41, 5.74) is 1.18. The molecule has 0 unspecified atom stereocenters. The van der Waals surface area contributed by atoms with E-state index in [0.717, 1.165) is 0 Å². The van der Waals surface area contributed by atoms with Gasteiger partial charge in [-0.25, -0.2) is 9.37 Å². The fraction of sp³-hybridized carbons (Fsp3) is 0.235. The minimum absolute atomic E-state index is 0.0614.